The minimum Gasteiger partial charge on any atom is -0.410 e. The zero-order chi connectivity index (χ0) is 14.5. The molecular formula is C16H22N2O2. The fourth-order valence-electron chi connectivity index (χ4n) is 2.40. The van der Waals surface area contributed by atoms with Gasteiger partial charge in [0.15, 0.2) is 0 Å². The largest absolute Gasteiger partial charge is 0.414 e. The Labute approximate surface area is 120 Å². The lowest BCUT2D eigenvalue weighted by Gasteiger charge is -2.15. The van der Waals surface area contributed by atoms with Gasteiger partial charge in [0.2, 0.25) is 0 Å². The molecule has 0 unspecified atom stereocenters. The number of aryl methyl sites for hydroxylation is 1. The highest BCUT2D eigenvalue weighted by Crippen LogP contribution is 2.33. The number of rotatable bonds is 5. The maximum atomic E-state index is 11.7. The molecule has 4 heteroatoms. The number of hydrogen-bond donors (Lipinski definition) is 1. The average molecular weight is 274 g/mol. The summed E-state index contributed by atoms with van der Waals surface area (Å²) in [6, 6.07) is 6.28. The first-order valence-electron chi connectivity index (χ1n) is 7.05. The van der Waals surface area contributed by atoms with Crippen LogP contribution in [0.5, 0.6) is 5.75 Å². The maximum absolute atomic E-state index is 11.7. The number of benzene rings is 1. The van der Waals surface area contributed by atoms with Gasteiger partial charge in [-0.3, -0.25) is 0 Å². The van der Waals surface area contributed by atoms with Gasteiger partial charge in [0.1, 0.15) is 5.75 Å². The third kappa shape index (κ3) is 3.20. The van der Waals surface area contributed by atoms with Crippen molar-refractivity contribution >= 4 is 6.09 Å². The molecule has 1 N–H and O–H groups in total. The first-order chi connectivity index (χ1) is 9.65. The van der Waals surface area contributed by atoms with E-state index in [-0.39, 0.29) is 6.09 Å². The molecule has 2 rings (SSSR count). The van der Waals surface area contributed by atoms with E-state index in [0.717, 1.165) is 19.4 Å². The van der Waals surface area contributed by atoms with E-state index >= 15 is 0 Å². The number of ether oxygens (including phenoxy) is 1. The Kier molecular flexibility index (Phi) is 4.79. The van der Waals surface area contributed by atoms with Gasteiger partial charge in [-0.05, 0) is 43.0 Å². The lowest BCUT2D eigenvalue weighted by atomic mass is 10.1. The van der Waals surface area contributed by atoms with Crippen LogP contribution in [-0.4, -0.2) is 31.1 Å². The van der Waals surface area contributed by atoms with E-state index in [4.69, 9.17) is 4.74 Å². The van der Waals surface area contributed by atoms with Gasteiger partial charge in [0.05, 0.1) is 0 Å². The molecule has 1 aliphatic rings. The molecular weight excluding hydrogens is 252 g/mol. The lowest BCUT2D eigenvalue weighted by molar-refractivity contribution is 0.165. The highest BCUT2D eigenvalue weighted by molar-refractivity contribution is 5.70. The van der Waals surface area contributed by atoms with Gasteiger partial charge in [-0.25, -0.2) is 4.79 Å². The minimum absolute atomic E-state index is 0.313. The summed E-state index contributed by atoms with van der Waals surface area (Å²) in [5.74, 6) is 0.624. The van der Waals surface area contributed by atoms with Crippen LogP contribution in [0.4, 0.5) is 4.79 Å². The van der Waals surface area contributed by atoms with Gasteiger partial charge in [-0.2, -0.15) is 0 Å². The van der Waals surface area contributed by atoms with Gasteiger partial charge < -0.3 is 15.0 Å². The summed E-state index contributed by atoms with van der Waals surface area (Å²) < 4.78 is 5.36. The molecule has 0 saturated carbocycles. The number of hydrogen-bond acceptors (Lipinski definition) is 3. The summed E-state index contributed by atoms with van der Waals surface area (Å²) >= 11 is 0. The van der Waals surface area contributed by atoms with Crippen molar-refractivity contribution in [3.8, 4) is 5.75 Å². The summed E-state index contributed by atoms with van der Waals surface area (Å²) in [4.78, 5) is 13.3. The number of amides is 1. The maximum Gasteiger partial charge on any atom is 0.414 e. The zero-order valence-corrected chi connectivity index (χ0v) is 12.2. The second kappa shape index (κ2) is 6.57. The number of nitrogens with zero attached hydrogens (tertiary/aromatic N) is 1. The van der Waals surface area contributed by atoms with E-state index in [1.807, 2.05) is 25.1 Å². The Morgan fingerprint density at radius 2 is 2.40 bits per heavy atom. The monoisotopic (exact) mass is 274 g/mol. The van der Waals surface area contributed by atoms with Crippen LogP contribution in [0.25, 0.3) is 0 Å². The normalized spacial score (nSPS) is 16.6. The third-order valence-corrected chi connectivity index (χ3v) is 3.69. The summed E-state index contributed by atoms with van der Waals surface area (Å²) in [5.41, 5.74) is 2.56. The quantitative estimate of drug-likeness (QED) is 0.839. The number of nitrogens with one attached hydrogen (secondary N) is 1. The SMILES string of the molecule is C=CCN[C@H]1CCc2cc(OC(=O)N(C)CC)ccc21. The molecule has 0 heterocycles. The van der Waals surface area contributed by atoms with Crippen LogP contribution in [0, 0.1) is 0 Å². The first kappa shape index (κ1) is 14.6. The number of fused-ring (bicyclic) bond motifs is 1. The van der Waals surface area contributed by atoms with Gasteiger partial charge in [0, 0.05) is 26.2 Å². The van der Waals surface area contributed by atoms with Gasteiger partial charge >= 0.3 is 6.09 Å². The van der Waals surface area contributed by atoms with Gasteiger partial charge in [0.25, 0.3) is 0 Å². The average Bonchev–Trinajstić information content (AvgIpc) is 2.86. The Hall–Kier alpha value is -1.81. The minimum atomic E-state index is -0.313. The van der Waals surface area contributed by atoms with Crippen LogP contribution < -0.4 is 10.1 Å². The van der Waals surface area contributed by atoms with E-state index in [1.165, 1.54) is 11.1 Å². The Morgan fingerprint density at radius 3 is 3.10 bits per heavy atom. The molecule has 1 aromatic rings. The molecule has 0 aliphatic heterocycles. The highest BCUT2D eigenvalue weighted by atomic mass is 16.6. The first-order valence-corrected chi connectivity index (χ1v) is 7.05. The van der Waals surface area contributed by atoms with Gasteiger partial charge in [-0.15, -0.1) is 6.58 Å². The smallest absolute Gasteiger partial charge is 0.410 e. The van der Waals surface area contributed by atoms with Crippen molar-refractivity contribution in [2.75, 3.05) is 20.1 Å². The van der Waals surface area contributed by atoms with Crippen molar-refractivity contribution in [2.24, 2.45) is 0 Å². The third-order valence-electron chi connectivity index (χ3n) is 3.69. The van der Waals surface area contributed by atoms with Crippen molar-refractivity contribution in [2.45, 2.75) is 25.8 Å². The van der Waals surface area contributed by atoms with Crippen LogP contribution >= 0.6 is 0 Å². The highest BCUT2D eigenvalue weighted by Gasteiger charge is 2.22. The fraction of sp³-hybridized carbons (Fsp3) is 0.438. The Bertz CT molecular complexity index is 499. The summed E-state index contributed by atoms with van der Waals surface area (Å²) in [5, 5.41) is 3.44. The molecule has 0 spiro atoms. The predicted octanol–water partition coefficient (Wildman–Crippen LogP) is 2.90. The van der Waals surface area contributed by atoms with Crippen molar-refractivity contribution in [3.05, 3.63) is 42.0 Å². The molecule has 0 saturated heterocycles. The van der Waals surface area contributed by atoms with E-state index < -0.39 is 0 Å². The molecule has 1 amide bonds. The second-order valence-electron chi connectivity index (χ2n) is 5.03. The summed E-state index contributed by atoms with van der Waals surface area (Å²) in [6.45, 7) is 7.08. The van der Waals surface area contributed by atoms with Crippen LogP contribution in [0.1, 0.15) is 30.5 Å². The molecule has 108 valence electrons. The van der Waals surface area contributed by atoms with Crippen molar-refractivity contribution in [1.82, 2.24) is 10.2 Å². The molecule has 20 heavy (non-hydrogen) atoms. The van der Waals surface area contributed by atoms with Crippen LogP contribution in [0.15, 0.2) is 30.9 Å². The van der Waals surface area contributed by atoms with Crippen LogP contribution in [0.3, 0.4) is 0 Å². The summed E-state index contributed by atoms with van der Waals surface area (Å²) in [6.07, 6.45) is 3.65. The zero-order valence-electron chi connectivity index (χ0n) is 12.2. The second-order valence-corrected chi connectivity index (χ2v) is 5.03. The fourth-order valence-corrected chi connectivity index (χ4v) is 2.40. The Balaban J connectivity index is 2.06. The summed E-state index contributed by atoms with van der Waals surface area (Å²) in [7, 11) is 1.73. The van der Waals surface area contributed by atoms with E-state index in [2.05, 4.69) is 18.0 Å². The molecule has 0 fully saturated rings. The van der Waals surface area contributed by atoms with Gasteiger partial charge in [-0.1, -0.05) is 12.1 Å². The lowest BCUT2D eigenvalue weighted by Crippen LogP contribution is -2.29. The Morgan fingerprint density at radius 1 is 1.60 bits per heavy atom. The molecule has 4 nitrogen and oxygen atoms in total. The van der Waals surface area contributed by atoms with Crippen molar-refractivity contribution in [3.63, 3.8) is 0 Å². The molecule has 1 aromatic carbocycles. The predicted molar refractivity (Wildman–Crippen MR) is 80.0 cm³/mol. The van der Waals surface area contributed by atoms with Crippen LogP contribution in [-0.2, 0) is 6.42 Å². The molecule has 0 bridgehead atoms. The topological polar surface area (TPSA) is 41.6 Å². The van der Waals surface area contributed by atoms with Crippen molar-refractivity contribution < 1.29 is 9.53 Å². The van der Waals surface area contributed by atoms with E-state index in [9.17, 15) is 4.79 Å². The number of carbonyl (C=O) groups excluding carboxylic acids is 1. The van der Waals surface area contributed by atoms with E-state index in [0.29, 0.717) is 18.3 Å². The van der Waals surface area contributed by atoms with Crippen LogP contribution in [0.2, 0.25) is 0 Å². The number of carbonyl (C=O) groups is 1. The van der Waals surface area contributed by atoms with E-state index in [1.54, 1.807) is 11.9 Å². The molecule has 1 aliphatic carbocycles. The molecule has 1 atom stereocenters. The standard InChI is InChI=1S/C16H22N2O2/c1-4-10-17-15-9-6-12-11-13(7-8-14(12)15)20-16(19)18(3)5-2/h4,7-8,11,15,17H,1,5-6,9-10H2,2-3H3/t15-/m0/s1. The molecule has 0 radical (unpaired) electrons. The van der Waals surface area contributed by atoms with Crippen molar-refractivity contribution in [1.29, 1.82) is 0 Å². The molecule has 0 aromatic heterocycles.